The van der Waals surface area contributed by atoms with Crippen molar-refractivity contribution in [1.29, 1.82) is 0 Å². The Labute approximate surface area is 115 Å². The van der Waals surface area contributed by atoms with E-state index < -0.39 is 5.60 Å². The number of rotatable bonds is 5. The van der Waals surface area contributed by atoms with Gasteiger partial charge in [-0.05, 0) is 39.7 Å². The van der Waals surface area contributed by atoms with Crippen LogP contribution in [0.5, 0.6) is 5.75 Å². The van der Waals surface area contributed by atoms with Crippen molar-refractivity contribution in [3.8, 4) is 5.75 Å². The monoisotopic (exact) mass is 267 g/mol. The van der Waals surface area contributed by atoms with E-state index in [4.69, 9.17) is 4.74 Å². The van der Waals surface area contributed by atoms with Gasteiger partial charge in [-0.3, -0.25) is 4.68 Å². The maximum atomic E-state index is 10.9. The number of hydrogen-bond donors (Lipinski definition) is 2. The summed E-state index contributed by atoms with van der Waals surface area (Å²) in [6.45, 7) is 5.65. The van der Waals surface area contributed by atoms with Gasteiger partial charge < -0.3 is 15.2 Å². The summed E-state index contributed by atoms with van der Waals surface area (Å²) >= 11 is 0. The van der Waals surface area contributed by atoms with Crippen LogP contribution in [0.15, 0.2) is 6.20 Å². The number of nitrogens with one attached hydrogen (secondary N) is 1. The Hall–Kier alpha value is -1.07. The van der Waals surface area contributed by atoms with E-state index in [9.17, 15) is 5.11 Å². The lowest BCUT2D eigenvalue weighted by atomic mass is 9.89. The van der Waals surface area contributed by atoms with Crippen molar-refractivity contribution >= 4 is 0 Å². The van der Waals surface area contributed by atoms with Gasteiger partial charge in [0.15, 0.2) is 5.75 Å². The lowest BCUT2D eigenvalue weighted by molar-refractivity contribution is 0.0224. The van der Waals surface area contributed by atoms with Crippen molar-refractivity contribution < 1.29 is 9.84 Å². The fraction of sp³-hybridized carbons (Fsp3) is 0.786. The molecular weight excluding hydrogens is 242 g/mol. The molecule has 0 spiro atoms. The van der Waals surface area contributed by atoms with Gasteiger partial charge >= 0.3 is 0 Å². The fourth-order valence-electron chi connectivity index (χ4n) is 2.98. The van der Waals surface area contributed by atoms with Crippen molar-refractivity contribution in [3.05, 3.63) is 11.9 Å². The molecule has 2 atom stereocenters. The molecule has 108 valence electrons. The second-order valence-corrected chi connectivity index (χ2v) is 5.50. The third-order valence-corrected chi connectivity index (χ3v) is 3.89. The molecule has 1 aliphatic rings. The van der Waals surface area contributed by atoms with Crippen LogP contribution < -0.4 is 10.1 Å². The number of aliphatic hydroxyl groups is 1. The molecule has 0 aliphatic carbocycles. The molecule has 1 aliphatic heterocycles. The smallest absolute Gasteiger partial charge is 0.162 e. The maximum absolute atomic E-state index is 10.9. The standard InChI is InChI=1S/C14H25N3O2/c1-4-17-13(12(19-3)10-16-17)14(2,18)9-11-7-5-6-8-15-11/h10-11,15,18H,4-9H2,1-3H3. The summed E-state index contributed by atoms with van der Waals surface area (Å²) in [6, 6.07) is 0.369. The molecule has 0 amide bonds. The van der Waals surface area contributed by atoms with Gasteiger partial charge in [0.25, 0.3) is 0 Å². The zero-order chi connectivity index (χ0) is 13.9. The predicted octanol–water partition coefficient (Wildman–Crippen LogP) is 1.65. The number of aryl methyl sites for hydroxylation is 1. The second-order valence-electron chi connectivity index (χ2n) is 5.50. The fourth-order valence-corrected chi connectivity index (χ4v) is 2.98. The van der Waals surface area contributed by atoms with Crippen LogP contribution >= 0.6 is 0 Å². The molecule has 19 heavy (non-hydrogen) atoms. The average molecular weight is 267 g/mol. The molecule has 2 rings (SSSR count). The Bertz CT molecular complexity index is 387. The number of aromatic nitrogens is 2. The van der Waals surface area contributed by atoms with Crippen LogP contribution in [0.1, 0.15) is 45.2 Å². The molecule has 2 heterocycles. The van der Waals surface area contributed by atoms with E-state index in [1.807, 2.05) is 18.5 Å². The second kappa shape index (κ2) is 5.92. The molecule has 0 radical (unpaired) electrons. The largest absolute Gasteiger partial charge is 0.493 e. The zero-order valence-electron chi connectivity index (χ0n) is 12.1. The summed E-state index contributed by atoms with van der Waals surface area (Å²) < 4.78 is 7.16. The van der Waals surface area contributed by atoms with Crippen LogP contribution in [0.2, 0.25) is 0 Å². The van der Waals surface area contributed by atoms with E-state index in [0.29, 0.717) is 18.2 Å². The highest BCUT2D eigenvalue weighted by Gasteiger charge is 2.34. The van der Waals surface area contributed by atoms with Gasteiger partial charge in [-0.1, -0.05) is 6.42 Å². The van der Waals surface area contributed by atoms with E-state index in [1.165, 1.54) is 12.8 Å². The zero-order valence-corrected chi connectivity index (χ0v) is 12.1. The summed E-state index contributed by atoms with van der Waals surface area (Å²) in [5.41, 5.74) is -0.141. The first-order valence-corrected chi connectivity index (χ1v) is 7.14. The minimum Gasteiger partial charge on any atom is -0.493 e. The molecule has 0 aromatic carbocycles. The van der Waals surface area contributed by atoms with Crippen molar-refractivity contribution in [2.45, 2.75) is 57.7 Å². The normalized spacial score (nSPS) is 23.1. The summed E-state index contributed by atoms with van der Waals surface area (Å²) in [7, 11) is 1.62. The number of piperidine rings is 1. The van der Waals surface area contributed by atoms with Gasteiger partial charge in [-0.25, -0.2) is 0 Å². The lowest BCUT2D eigenvalue weighted by Gasteiger charge is -2.32. The third-order valence-electron chi connectivity index (χ3n) is 3.89. The Morgan fingerprint density at radius 3 is 2.95 bits per heavy atom. The molecule has 1 aromatic rings. The van der Waals surface area contributed by atoms with Crippen LogP contribution in [0.25, 0.3) is 0 Å². The minimum absolute atomic E-state index is 0.369. The van der Waals surface area contributed by atoms with Crippen molar-refractivity contribution in [1.82, 2.24) is 15.1 Å². The Kier molecular flexibility index (Phi) is 4.47. The molecular formula is C14H25N3O2. The first-order chi connectivity index (χ1) is 9.08. The van der Waals surface area contributed by atoms with E-state index in [2.05, 4.69) is 10.4 Å². The number of nitrogens with zero attached hydrogens (tertiary/aromatic N) is 2. The summed E-state index contributed by atoms with van der Waals surface area (Å²) in [5.74, 6) is 0.669. The van der Waals surface area contributed by atoms with E-state index >= 15 is 0 Å². The molecule has 0 bridgehead atoms. The Morgan fingerprint density at radius 1 is 1.58 bits per heavy atom. The van der Waals surface area contributed by atoms with Crippen LogP contribution in [0, 0.1) is 0 Å². The summed E-state index contributed by atoms with van der Waals surface area (Å²) in [4.78, 5) is 0. The lowest BCUT2D eigenvalue weighted by Crippen LogP contribution is -2.40. The van der Waals surface area contributed by atoms with Crippen LogP contribution in [0.3, 0.4) is 0 Å². The molecule has 5 heteroatoms. The van der Waals surface area contributed by atoms with Gasteiger partial charge in [0, 0.05) is 12.6 Å². The number of hydrogen-bond acceptors (Lipinski definition) is 4. The van der Waals surface area contributed by atoms with Gasteiger partial charge in [0.2, 0.25) is 0 Å². The molecule has 1 saturated heterocycles. The minimum atomic E-state index is -0.924. The molecule has 2 N–H and O–H groups in total. The van der Waals surface area contributed by atoms with Crippen LogP contribution in [0.4, 0.5) is 0 Å². The molecule has 5 nitrogen and oxygen atoms in total. The Balaban J connectivity index is 2.19. The van der Waals surface area contributed by atoms with Gasteiger partial charge in [0.1, 0.15) is 11.3 Å². The SMILES string of the molecule is CCn1ncc(OC)c1C(C)(O)CC1CCCCN1. The molecule has 1 fully saturated rings. The number of methoxy groups -OCH3 is 1. The van der Waals surface area contributed by atoms with Gasteiger partial charge in [-0.2, -0.15) is 5.10 Å². The predicted molar refractivity (Wildman–Crippen MR) is 74.3 cm³/mol. The summed E-state index contributed by atoms with van der Waals surface area (Å²) in [6.07, 6.45) is 5.96. The maximum Gasteiger partial charge on any atom is 0.162 e. The third kappa shape index (κ3) is 3.09. The first-order valence-electron chi connectivity index (χ1n) is 7.14. The van der Waals surface area contributed by atoms with Crippen LogP contribution in [-0.4, -0.2) is 34.6 Å². The average Bonchev–Trinajstić information content (AvgIpc) is 2.83. The quantitative estimate of drug-likeness (QED) is 0.851. The van der Waals surface area contributed by atoms with E-state index in [1.54, 1.807) is 13.3 Å². The summed E-state index contributed by atoms with van der Waals surface area (Å²) in [5, 5.41) is 18.6. The van der Waals surface area contributed by atoms with Crippen LogP contribution in [-0.2, 0) is 12.1 Å². The first kappa shape index (κ1) is 14.3. The highest BCUT2D eigenvalue weighted by atomic mass is 16.5. The van der Waals surface area contributed by atoms with Crippen molar-refractivity contribution in [2.75, 3.05) is 13.7 Å². The van der Waals surface area contributed by atoms with E-state index in [-0.39, 0.29) is 0 Å². The molecule has 2 unspecified atom stereocenters. The highest BCUT2D eigenvalue weighted by molar-refractivity contribution is 5.30. The van der Waals surface area contributed by atoms with Crippen molar-refractivity contribution in [2.24, 2.45) is 0 Å². The highest BCUT2D eigenvalue weighted by Crippen LogP contribution is 2.34. The topological polar surface area (TPSA) is 59.3 Å². The van der Waals surface area contributed by atoms with E-state index in [0.717, 1.165) is 25.2 Å². The Morgan fingerprint density at radius 2 is 2.37 bits per heavy atom. The van der Waals surface area contributed by atoms with Gasteiger partial charge in [-0.15, -0.1) is 0 Å². The molecule has 1 aromatic heterocycles. The van der Waals surface area contributed by atoms with Gasteiger partial charge in [0.05, 0.1) is 13.3 Å². The molecule has 0 saturated carbocycles. The van der Waals surface area contributed by atoms with Crippen molar-refractivity contribution in [3.63, 3.8) is 0 Å². The number of ether oxygens (including phenoxy) is 1.